The van der Waals surface area contributed by atoms with Gasteiger partial charge in [0, 0.05) is 17.7 Å². The van der Waals surface area contributed by atoms with E-state index in [1.807, 2.05) is 13.1 Å². The van der Waals surface area contributed by atoms with Crippen LogP contribution >= 0.6 is 0 Å². The lowest BCUT2D eigenvalue weighted by Gasteiger charge is -2.44. The van der Waals surface area contributed by atoms with E-state index in [1.54, 1.807) is 13.1 Å². The molecule has 2 rings (SSSR count). The zero-order valence-electron chi connectivity index (χ0n) is 27.2. The molecule has 4 atom stereocenters. The lowest BCUT2D eigenvalue weighted by molar-refractivity contribution is -0.0448. The molecule has 1 aliphatic rings. The van der Waals surface area contributed by atoms with Crippen molar-refractivity contribution in [1.82, 2.24) is 9.55 Å². The predicted octanol–water partition coefficient (Wildman–Crippen LogP) is 6.14. The molecule has 0 spiro atoms. The minimum Gasteiger partial charge on any atom is -0.432 e. The summed E-state index contributed by atoms with van der Waals surface area (Å²) in [4.78, 5) is 39.0. The second-order valence-electron chi connectivity index (χ2n) is 15.8. The van der Waals surface area contributed by atoms with Crippen LogP contribution in [-0.4, -0.2) is 58.1 Å². The SMILES string of the molecule is Cc1cn([C@@H]2O[C@H](CO[Si](C)(C)C(C)(C)C)C(O[Si](C)(C)C(C)(C)C)C2CC(C)(C)[Si](C)(C)O)c(=O)[nH]c1=O. The lowest BCUT2D eigenvalue weighted by atomic mass is 9.89. The molecule has 2 heterocycles. The Hall–Kier alpha value is -0.829. The van der Waals surface area contributed by atoms with Crippen molar-refractivity contribution in [3.05, 3.63) is 32.6 Å². The molecule has 1 fully saturated rings. The Morgan fingerprint density at radius 3 is 1.92 bits per heavy atom. The molecule has 0 radical (unpaired) electrons. The number of hydrogen-bond donors (Lipinski definition) is 2. The van der Waals surface area contributed by atoms with Crippen LogP contribution in [0.4, 0.5) is 0 Å². The number of aromatic nitrogens is 2. The number of rotatable bonds is 9. The van der Waals surface area contributed by atoms with E-state index in [2.05, 4.69) is 86.6 Å². The lowest BCUT2D eigenvalue weighted by Crippen LogP contribution is -2.51. The van der Waals surface area contributed by atoms with Crippen molar-refractivity contribution < 1.29 is 18.4 Å². The molecule has 8 nitrogen and oxygen atoms in total. The first-order valence-electron chi connectivity index (χ1n) is 14.2. The molecular weight excluding hydrogens is 545 g/mol. The fourth-order valence-electron chi connectivity index (χ4n) is 4.22. The largest absolute Gasteiger partial charge is 0.432 e. The predicted molar refractivity (Wildman–Crippen MR) is 167 cm³/mol. The topological polar surface area (TPSA) is 103 Å². The Morgan fingerprint density at radius 1 is 0.949 bits per heavy atom. The second-order valence-corrected chi connectivity index (χ2v) is 29.8. The Balaban J connectivity index is 2.70. The molecule has 1 aliphatic heterocycles. The molecule has 2 N–H and O–H groups in total. The maximum absolute atomic E-state index is 13.1. The molecule has 39 heavy (non-hydrogen) atoms. The summed E-state index contributed by atoms with van der Waals surface area (Å²) >= 11 is 0. The number of ether oxygens (including phenoxy) is 1. The molecule has 0 aromatic carbocycles. The first-order valence-corrected chi connectivity index (χ1v) is 23.0. The van der Waals surface area contributed by atoms with Crippen molar-refractivity contribution in [2.75, 3.05) is 6.61 Å². The van der Waals surface area contributed by atoms with Crippen LogP contribution in [0.5, 0.6) is 0 Å². The van der Waals surface area contributed by atoms with Crippen molar-refractivity contribution in [3.8, 4) is 0 Å². The average molecular weight is 601 g/mol. The van der Waals surface area contributed by atoms with E-state index in [0.29, 0.717) is 18.6 Å². The van der Waals surface area contributed by atoms with Crippen LogP contribution in [-0.2, 0) is 13.6 Å². The summed E-state index contributed by atoms with van der Waals surface area (Å²) in [5.74, 6) is -0.232. The van der Waals surface area contributed by atoms with Gasteiger partial charge in [0.05, 0.1) is 12.7 Å². The van der Waals surface area contributed by atoms with Crippen LogP contribution in [0.15, 0.2) is 15.8 Å². The van der Waals surface area contributed by atoms with Gasteiger partial charge in [0.2, 0.25) is 0 Å². The third-order valence-corrected chi connectivity index (χ3v) is 22.4. The normalized spacial score (nSPS) is 23.9. The first kappa shape index (κ1) is 34.4. The van der Waals surface area contributed by atoms with Gasteiger partial charge in [0.1, 0.15) is 12.3 Å². The Morgan fingerprint density at radius 2 is 1.46 bits per heavy atom. The molecule has 11 heteroatoms. The maximum atomic E-state index is 13.1. The monoisotopic (exact) mass is 600 g/mol. The molecule has 226 valence electrons. The van der Waals surface area contributed by atoms with Crippen LogP contribution < -0.4 is 11.2 Å². The van der Waals surface area contributed by atoms with Gasteiger partial charge in [0.25, 0.3) is 5.56 Å². The maximum Gasteiger partial charge on any atom is 0.330 e. The summed E-state index contributed by atoms with van der Waals surface area (Å²) in [6.07, 6.45) is 0.797. The highest BCUT2D eigenvalue weighted by Gasteiger charge is 2.54. The van der Waals surface area contributed by atoms with Crippen molar-refractivity contribution in [2.45, 2.75) is 142 Å². The first-order chi connectivity index (χ1) is 17.2. The summed E-state index contributed by atoms with van der Waals surface area (Å²) in [5, 5.41) is -0.390. The van der Waals surface area contributed by atoms with Gasteiger partial charge in [-0.1, -0.05) is 55.4 Å². The second kappa shape index (κ2) is 11.1. The number of hydrogen-bond acceptors (Lipinski definition) is 6. The number of nitrogens with one attached hydrogen (secondary N) is 1. The molecule has 1 aromatic rings. The number of nitrogens with zero attached hydrogens (tertiary/aromatic N) is 1. The van der Waals surface area contributed by atoms with Crippen LogP contribution in [0, 0.1) is 12.8 Å². The van der Waals surface area contributed by atoms with E-state index >= 15 is 0 Å². The van der Waals surface area contributed by atoms with E-state index in [4.69, 9.17) is 13.6 Å². The smallest absolute Gasteiger partial charge is 0.330 e. The van der Waals surface area contributed by atoms with Gasteiger partial charge in [-0.05, 0) is 67.7 Å². The van der Waals surface area contributed by atoms with E-state index < -0.39 is 48.5 Å². The van der Waals surface area contributed by atoms with Crippen LogP contribution in [0.3, 0.4) is 0 Å². The Kier molecular flexibility index (Phi) is 9.79. The summed E-state index contributed by atoms with van der Waals surface area (Å²) in [5.41, 5.74) is -0.464. The minimum atomic E-state index is -2.61. The van der Waals surface area contributed by atoms with Crippen molar-refractivity contribution in [3.63, 3.8) is 0 Å². The van der Waals surface area contributed by atoms with Gasteiger partial charge in [-0.15, -0.1) is 0 Å². The van der Waals surface area contributed by atoms with Gasteiger partial charge in [-0.2, -0.15) is 0 Å². The molecule has 0 amide bonds. The summed E-state index contributed by atoms with van der Waals surface area (Å²) < 4.78 is 22.1. The van der Waals surface area contributed by atoms with Gasteiger partial charge >= 0.3 is 5.69 Å². The zero-order chi connectivity index (χ0) is 30.6. The highest BCUT2D eigenvalue weighted by molar-refractivity contribution is 6.74. The zero-order valence-corrected chi connectivity index (χ0v) is 30.2. The van der Waals surface area contributed by atoms with Gasteiger partial charge in [0.15, 0.2) is 25.0 Å². The number of aryl methyl sites for hydroxylation is 1. The van der Waals surface area contributed by atoms with Gasteiger partial charge in [-0.3, -0.25) is 14.3 Å². The van der Waals surface area contributed by atoms with Crippen molar-refractivity contribution in [1.29, 1.82) is 0 Å². The van der Waals surface area contributed by atoms with E-state index in [-0.39, 0.29) is 27.1 Å². The highest BCUT2D eigenvalue weighted by Crippen LogP contribution is 2.51. The molecule has 0 bridgehead atoms. The van der Waals surface area contributed by atoms with Crippen molar-refractivity contribution in [2.24, 2.45) is 5.92 Å². The molecule has 2 unspecified atom stereocenters. The summed E-state index contributed by atoms with van der Waals surface area (Å²) in [7, 11) is -6.97. The molecule has 1 saturated heterocycles. The molecule has 0 aliphatic carbocycles. The van der Waals surface area contributed by atoms with E-state index in [0.717, 1.165) is 0 Å². The summed E-state index contributed by atoms with van der Waals surface area (Å²) in [6.45, 7) is 32.3. The van der Waals surface area contributed by atoms with E-state index in [9.17, 15) is 14.4 Å². The molecular formula is C28H56N2O6Si3. The van der Waals surface area contributed by atoms with Gasteiger partial charge < -0.3 is 18.4 Å². The third-order valence-electron chi connectivity index (χ3n) is 9.94. The van der Waals surface area contributed by atoms with Crippen LogP contribution in [0.2, 0.25) is 54.4 Å². The third kappa shape index (κ3) is 7.52. The van der Waals surface area contributed by atoms with Crippen LogP contribution in [0.25, 0.3) is 0 Å². The molecule has 0 saturated carbocycles. The average Bonchev–Trinajstić information content (AvgIpc) is 3.02. The minimum absolute atomic E-state index is 0.0294. The van der Waals surface area contributed by atoms with E-state index in [1.165, 1.54) is 4.57 Å². The van der Waals surface area contributed by atoms with Crippen LogP contribution in [0.1, 0.15) is 73.6 Å². The Bertz CT molecular complexity index is 1120. The van der Waals surface area contributed by atoms with Crippen molar-refractivity contribution >= 4 is 25.0 Å². The Labute approximate surface area is 239 Å². The summed E-state index contributed by atoms with van der Waals surface area (Å²) in [6, 6.07) is 0. The molecule has 1 aromatic heterocycles. The number of aromatic amines is 1. The standard InChI is InChI=1S/C28H56N2O6Si3/c1-19-17-30(25(32)29-23(19)31)24-20(16-28(8,9)37(10,11)33)22(36-39(14,15)27(5,6)7)21(35-24)18-34-38(12,13)26(2,3)4/h17,20-22,24,33H,16,18H2,1-15H3,(H,29,31,32)/t20?,21-,22?,24-/m1/s1. The van der Waals surface area contributed by atoms with Gasteiger partial charge in [-0.25, -0.2) is 4.79 Å². The fraction of sp³-hybridized carbons (Fsp3) is 0.857. The highest BCUT2D eigenvalue weighted by atomic mass is 28.4. The quantitative estimate of drug-likeness (QED) is 0.330. The number of H-pyrrole nitrogens is 1. The fourth-order valence-corrected chi connectivity index (χ4v) is 7.33.